The number of nitrogens with zero attached hydrogens (tertiary/aromatic N) is 1. The van der Waals surface area contributed by atoms with Gasteiger partial charge in [-0.1, -0.05) is 66.7 Å². The van der Waals surface area contributed by atoms with Crippen molar-refractivity contribution in [1.29, 1.82) is 0 Å². The Hall–Kier alpha value is -2.68. The number of aliphatic imine (C=N–C) groups is 1. The standard InChI is InChI=1S/C17H15NO2/c19-17(20-14-16-10-5-2-6-11-16)18-13-7-12-15-8-3-1-4-9-15/h1-13H,14H2. The van der Waals surface area contributed by atoms with Crippen LogP contribution >= 0.6 is 0 Å². The molecule has 0 unspecified atom stereocenters. The van der Waals surface area contributed by atoms with Crippen LogP contribution in [0.15, 0.2) is 71.7 Å². The van der Waals surface area contributed by atoms with Gasteiger partial charge in [-0.05, 0) is 17.2 Å². The first-order valence-corrected chi connectivity index (χ1v) is 6.31. The maximum atomic E-state index is 11.4. The average Bonchev–Trinajstić information content (AvgIpc) is 2.52. The fourth-order valence-electron chi connectivity index (χ4n) is 1.58. The van der Waals surface area contributed by atoms with Crippen molar-refractivity contribution in [2.45, 2.75) is 6.61 Å². The van der Waals surface area contributed by atoms with Crippen LogP contribution in [-0.4, -0.2) is 12.3 Å². The van der Waals surface area contributed by atoms with Crippen molar-refractivity contribution in [3.8, 4) is 0 Å². The van der Waals surface area contributed by atoms with E-state index in [2.05, 4.69) is 4.99 Å². The Morgan fingerprint density at radius 3 is 2.35 bits per heavy atom. The number of carbonyl (C=O) groups excluding carboxylic acids is 1. The summed E-state index contributed by atoms with van der Waals surface area (Å²) in [6.45, 7) is 0.236. The molecule has 0 fully saturated rings. The van der Waals surface area contributed by atoms with Crippen molar-refractivity contribution in [2.24, 2.45) is 4.99 Å². The number of amides is 1. The summed E-state index contributed by atoms with van der Waals surface area (Å²) in [5.74, 6) is 0. The van der Waals surface area contributed by atoms with Gasteiger partial charge in [-0.25, -0.2) is 4.79 Å². The molecule has 0 saturated heterocycles. The fraction of sp³-hybridized carbons (Fsp3) is 0.0588. The Labute approximate surface area is 118 Å². The number of carbonyl (C=O) groups is 1. The third kappa shape index (κ3) is 4.90. The molecule has 0 heterocycles. The van der Waals surface area contributed by atoms with E-state index in [4.69, 9.17) is 4.74 Å². The number of ether oxygens (including phenoxy) is 1. The van der Waals surface area contributed by atoms with Crippen LogP contribution in [0.1, 0.15) is 11.1 Å². The lowest BCUT2D eigenvalue weighted by Gasteiger charge is -2.00. The molecule has 0 atom stereocenters. The molecule has 2 aromatic carbocycles. The predicted molar refractivity (Wildman–Crippen MR) is 80.6 cm³/mol. The molecular formula is C17H15NO2. The molecule has 0 aliphatic carbocycles. The van der Waals surface area contributed by atoms with Gasteiger partial charge in [-0.2, -0.15) is 4.99 Å². The largest absolute Gasteiger partial charge is 0.443 e. The summed E-state index contributed by atoms with van der Waals surface area (Å²) in [4.78, 5) is 15.1. The summed E-state index contributed by atoms with van der Waals surface area (Å²) in [6.07, 6.45) is 4.42. The molecular weight excluding hydrogens is 250 g/mol. The average molecular weight is 265 g/mol. The van der Waals surface area contributed by atoms with Gasteiger partial charge >= 0.3 is 6.09 Å². The van der Waals surface area contributed by atoms with Crippen LogP contribution < -0.4 is 0 Å². The minimum Gasteiger partial charge on any atom is -0.443 e. The zero-order valence-electron chi connectivity index (χ0n) is 11.0. The molecule has 0 saturated carbocycles. The van der Waals surface area contributed by atoms with Gasteiger partial charge in [0.25, 0.3) is 0 Å². The summed E-state index contributed by atoms with van der Waals surface area (Å²) in [5, 5.41) is 0. The van der Waals surface area contributed by atoms with Crippen LogP contribution in [0, 0.1) is 0 Å². The normalized spacial score (nSPS) is 11.0. The maximum Gasteiger partial charge on any atom is 0.433 e. The SMILES string of the molecule is O=C(N=CC=Cc1ccccc1)OCc1ccccc1. The molecule has 1 amide bonds. The van der Waals surface area contributed by atoms with Crippen LogP contribution in [0.25, 0.3) is 6.08 Å². The van der Waals surface area contributed by atoms with Crippen molar-refractivity contribution in [1.82, 2.24) is 0 Å². The fourth-order valence-corrected chi connectivity index (χ4v) is 1.58. The lowest BCUT2D eigenvalue weighted by molar-refractivity contribution is 0.151. The van der Waals surface area contributed by atoms with Crippen LogP contribution in [0.5, 0.6) is 0 Å². The highest BCUT2D eigenvalue weighted by Crippen LogP contribution is 2.02. The van der Waals surface area contributed by atoms with Crippen LogP contribution in [0.3, 0.4) is 0 Å². The number of allylic oxidation sites excluding steroid dienone is 1. The molecule has 2 rings (SSSR count). The molecule has 100 valence electrons. The van der Waals surface area contributed by atoms with Gasteiger partial charge in [-0.3, -0.25) is 0 Å². The van der Waals surface area contributed by atoms with E-state index in [1.54, 1.807) is 6.08 Å². The van der Waals surface area contributed by atoms with E-state index in [0.717, 1.165) is 11.1 Å². The second kappa shape index (κ2) is 7.69. The molecule has 2 aromatic rings. The minimum atomic E-state index is -0.591. The Bertz CT molecular complexity index is 589. The summed E-state index contributed by atoms with van der Waals surface area (Å²) < 4.78 is 5.01. The summed E-state index contributed by atoms with van der Waals surface area (Å²) in [5.41, 5.74) is 1.99. The quantitative estimate of drug-likeness (QED) is 0.780. The first-order valence-electron chi connectivity index (χ1n) is 6.31. The Morgan fingerprint density at radius 1 is 1.00 bits per heavy atom. The topological polar surface area (TPSA) is 38.7 Å². The highest BCUT2D eigenvalue weighted by atomic mass is 16.5. The van der Waals surface area contributed by atoms with Gasteiger partial charge in [0.1, 0.15) is 6.61 Å². The first kappa shape index (κ1) is 13.7. The molecule has 0 aromatic heterocycles. The summed E-state index contributed by atoms with van der Waals surface area (Å²) in [7, 11) is 0. The Morgan fingerprint density at radius 2 is 1.65 bits per heavy atom. The molecule has 3 heteroatoms. The van der Waals surface area contributed by atoms with E-state index in [9.17, 15) is 4.79 Å². The van der Waals surface area contributed by atoms with Crippen molar-refractivity contribution < 1.29 is 9.53 Å². The van der Waals surface area contributed by atoms with Crippen molar-refractivity contribution >= 4 is 18.4 Å². The molecule has 0 radical (unpaired) electrons. The van der Waals surface area contributed by atoms with Gasteiger partial charge in [0.15, 0.2) is 0 Å². The van der Waals surface area contributed by atoms with Crippen LogP contribution in [-0.2, 0) is 11.3 Å². The third-order valence-electron chi connectivity index (χ3n) is 2.56. The van der Waals surface area contributed by atoms with Gasteiger partial charge in [-0.15, -0.1) is 0 Å². The lowest BCUT2D eigenvalue weighted by Crippen LogP contribution is -1.98. The molecule has 0 bridgehead atoms. The van der Waals surface area contributed by atoms with Gasteiger partial charge in [0.2, 0.25) is 0 Å². The zero-order chi connectivity index (χ0) is 14.0. The molecule has 0 aliphatic rings. The van der Waals surface area contributed by atoms with Crippen molar-refractivity contribution in [2.75, 3.05) is 0 Å². The monoisotopic (exact) mass is 265 g/mol. The van der Waals surface area contributed by atoms with Gasteiger partial charge < -0.3 is 4.74 Å². The molecule has 0 aliphatic heterocycles. The minimum absolute atomic E-state index is 0.236. The van der Waals surface area contributed by atoms with E-state index >= 15 is 0 Å². The number of rotatable bonds is 4. The summed E-state index contributed by atoms with van der Waals surface area (Å²) in [6, 6.07) is 19.3. The highest BCUT2D eigenvalue weighted by Gasteiger charge is 1.98. The second-order valence-electron chi connectivity index (χ2n) is 4.09. The molecule has 20 heavy (non-hydrogen) atoms. The van der Waals surface area contributed by atoms with E-state index in [1.165, 1.54) is 6.21 Å². The third-order valence-corrected chi connectivity index (χ3v) is 2.56. The van der Waals surface area contributed by atoms with Crippen molar-refractivity contribution in [3.05, 3.63) is 77.9 Å². The van der Waals surface area contributed by atoms with Crippen LogP contribution in [0.4, 0.5) is 4.79 Å². The lowest BCUT2D eigenvalue weighted by atomic mass is 10.2. The highest BCUT2D eigenvalue weighted by molar-refractivity contribution is 5.87. The Balaban J connectivity index is 1.77. The van der Waals surface area contributed by atoms with Gasteiger partial charge in [0, 0.05) is 6.21 Å². The maximum absolute atomic E-state index is 11.4. The summed E-state index contributed by atoms with van der Waals surface area (Å²) >= 11 is 0. The first-order chi connectivity index (χ1) is 9.84. The van der Waals surface area contributed by atoms with E-state index in [0.29, 0.717) is 0 Å². The molecule has 0 N–H and O–H groups in total. The molecule has 0 spiro atoms. The van der Waals surface area contributed by atoms with Crippen molar-refractivity contribution in [3.63, 3.8) is 0 Å². The number of benzene rings is 2. The predicted octanol–water partition coefficient (Wildman–Crippen LogP) is 4.11. The van der Waals surface area contributed by atoms with Crippen LogP contribution in [0.2, 0.25) is 0 Å². The number of hydrogen-bond donors (Lipinski definition) is 0. The molecule has 3 nitrogen and oxygen atoms in total. The Kier molecular flexibility index (Phi) is 5.28. The zero-order valence-corrected chi connectivity index (χ0v) is 11.0. The van der Waals surface area contributed by atoms with E-state index < -0.39 is 6.09 Å². The number of hydrogen-bond acceptors (Lipinski definition) is 2. The second-order valence-corrected chi connectivity index (χ2v) is 4.09. The van der Waals surface area contributed by atoms with E-state index in [1.807, 2.05) is 66.7 Å². The van der Waals surface area contributed by atoms with E-state index in [-0.39, 0.29) is 6.61 Å². The van der Waals surface area contributed by atoms with Gasteiger partial charge in [0.05, 0.1) is 0 Å². The smallest absolute Gasteiger partial charge is 0.433 e.